The molecule has 0 saturated carbocycles. The second kappa shape index (κ2) is 7.83. The highest BCUT2D eigenvalue weighted by Gasteiger charge is 2.37. The van der Waals surface area contributed by atoms with Crippen LogP contribution in [0.4, 0.5) is 10.5 Å². The highest BCUT2D eigenvalue weighted by Crippen LogP contribution is 2.32. The predicted octanol–water partition coefficient (Wildman–Crippen LogP) is 3.61. The molecule has 0 bridgehead atoms. The molecule has 0 aliphatic heterocycles. The first-order valence-electron chi connectivity index (χ1n) is 9.07. The zero-order valence-electron chi connectivity index (χ0n) is 17.0. The molecule has 9 heteroatoms. The number of benzene rings is 2. The van der Waals surface area contributed by atoms with Crippen molar-refractivity contribution in [3.8, 4) is 5.75 Å². The number of methoxy groups -OCH3 is 1. The van der Waals surface area contributed by atoms with Crippen molar-refractivity contribution in [2.24, 2.45) is 0 Å². The Morgan fingerprint density at radius 3 is 2.27 bits per heavy atom. The standard InChI is InChI=1S/C21H22N2O6S/c1-21(2,3)29-20(24)23(30(26,27)17-11-9-16(28-4)10-12-17)19-14-22(25)13-15-7-5-6-8-18(15)19/h5-14H,1-4H3. The summed E-state index contributed by atoms with van der Waals surface area (Å²) in [6, 6.07) is 12.3. The summed E-state index contributed by atoms with van der Waals surface area (Å²) < 4.78 is 38.4. The van der Waals surface area contributed by atoms with Crippen LogP contribution in [0.25, 0.3) is 10.8 Å². The van der Waals surface area contributed by atoms with E-state index >= 15 is 0 Å². The van der Waals surface area contributed by atoms with Gasteiger partial charge in [0.15, 0.2) is 6.20 Å². The highest BCUT2D eigenvalue weighted by atomic mass is 32.2. The summed E-state index contributed by atoms with van der Waals surface area (Å²) in [6.45, 7) is 4.87. The van der Waals surface area contributed by atoms with Crippen molar-refractivity contribution >= 4 is 32.6 Å². The largest absolute Gasteiger partial charge is 0.619 e. The zero-order valence-corrected chi connectivity index (χ0v) is 17.8. The van der Waals surface area contributed by atoms with E-state index in [0.29, 0.717) is 25.6 Å². The second-order valence-corrected chi connectivity index (χ2v) is 9.30. The molecular weight excluding hydrogens is 408 g/mol. The number of pyridine rings is 1. The van der Waals surface area contributed by atoms with Crippen molar-refractivity contribution in [2.45, 2.75) is 31.3 Å². The summed E-state index contributed by atoms with van der Waals surface area (Å²) in [5.41, 5.74) is -1.06. The summed E-state index contributed by atoms with van der Waals surface area (Å²) in [4.78, 5) is 12.9. The van der Waals surface area contributed by atoms with Crippen LogP contribution in [0.15, 0.2) is 65.8 Å². The molecule has 2 aromatic carbocycles. The molecule has 0 unspecified atom stereocenters. The van der Waals surface area contributed by atoms with Crippen LogP contribution in [0.3, 0.4) is 0 Å². The van der Waals surface area contributed by atoms with Crippen LogP contribution in [0.5, 0.6) is 5.75 Å². The molecule has 0 N–H and O–H groups in total. The van der Waals surface area contributed by atoms with Gasteiger partial charge in [0.05, 0.1) is 12.0 Å². The number of carbonyl (C=O) groups is 1. The van der Waals surface area contributed by atoms with Crippen LogP contribution in [0, 0.1) is 5.21 Å². The lowest BCUT2D eigenvalue weighted by Gasteiger charge is -2.27. The number of sulfonamides is 1. The van der Waals surface area contributed by atoms with E-state index in [4.69, 9.17) is 9.47 Å². The van der Waals surface area contributed by atoms with E-state index < -0.39 is 21.7 Å². The lowest BCUT2D eigenvalue weighted by molar-refractivity contribution is -0.603. The van der Waals surface area contributed by atoms with Gasteiger partial charge in [-0.2, -0.15) is 9.04 Å². The molecule has 1 aromatic heterocycles. The topological polar surface area (TPSA) is 99.9 Å². The summed E-state index contributed by atoms with van der Waals surface area (Å²) in [6.07, 6.45) is 1.22. The first kappa shape index (κ1) is 21.4. The molecule has 3 aromatic rings. The molecular formula is C21H22N2O6S. The first-order chi connectivity index (χ1) is 14.0. The number of fused-ring (bicyclic) bond motifs is 1. The van der Waals surface area contributed by atoms with Crippen LogP contribution >= 0.6 is 0 Å². The van der Waals surface area contributed by atoms with Gasteiger partial charge in [-0.15, -0.1) is 0 Å². The minimum absolute atomic E-state index is 0.104. The van der Waals surface area contributed by atoms with E-state index in [2.05, 4.69) is 0 Å². The van der Waals surface area contributed by atoms with Gasteiger partial charge in [0.2, 0.25) is 6.20 Å². The Balaban J connectivity index is 2.25. The van der Waals surface area contributed by atoms with Gasteiger partial charge in [-0.05, 0) is 51.1 Å². The predicted molar refractivity (Wildman–Crippen MR) is 112 cm³/mol. The maximum atomic E-state index is 13.5. The Hall–Kier alpha value is -3.33. The lowest BCUT2D eigenvalue weighted by Crippen LogP contribution is -2.42. The van der Waals surface area contributed by atoms with Gasteiger partial charge in [-0.1, -0.05) is 18.2 Å². The highest BCUT2D eigenvalue weighted by molar-refractivity contribution is 7.93. The molecule has 0 aliphatic rings. The Kier molecular flexibility index (Phi) is 5.58. The third kappa shape index (κ3) is 4.30. The molecule has 0 aliphatic carbocycles. The van der Waals surface area contributed by atoms with Crippen LogP contribution in [-0.4, -0.2) is 27.2 Å². The lowest BCUT2D eigenvalue weighted by atomic mass is 10.1. The molecule has 3 rings (SSSR count). The fourth-order valence-electron chi connectivity index (χ4n) is 2.85. The van der Waals surface area contributed by atoms with Gasteiger partial charge in [0.25, 0.3) is 10.0 Å². The number of anilines is 1. The summed E-state index contributed by atoms with van der Waals surface area (Å²) in [7, 11) is -2.95. The average Bonchev–Trinajstić information content (AvgIpc) is 2.66. The van der Waals surface area contributed by atoms with Gasteiger partial charge in [0.1, 0.15) is 17.0 Å². The molecule has 0 saturated heterocycles. The molecule has 0 radical (unpaired) electrons. The number of nitrogens with zero attached hydrogens (tertiary/aromatic N) is 2. The molecule has 30 heavy (non-hydrogen) atoms. The smallest absolute Gasteiger partial charge is 0.429 e. The van der Waals surface area contributed by atoms with Gasteiger partial charge < -0.3 is 14.7 Å². The Bertz CT molecular complexity index is 1180. The van der Waals surface area contributed by atoms with E-state index in [-0.39, 0.29) is 10.6 Å². The molecule has 8 nitrogen and oxygen atoms in total. The molecule has 0 atom stereocenters. The van der Waals surface area contributed by atoms with Crippen LogP contribution < -0.4 is 13.8 Å². The van der Waals surface area contributed by atoms with E-state index in [0.717, 1.165) is 6.20 Å². The van der Waals surface area contributed by atoms with Gasteiger partial charge in [-0.25, -0.2) is 13.2 Å². The molecule has 0 fully saturated rings. The minimum Gasteiger partial charge on any atom is -0.619 e. The number of ether oxygens (including phenoxy) is 2. The summed E-state index contributed by atoms with van der Waals surface area (Å²) >= 11 is 0. The van der Waals surface area contributed by atoms with E-state index in [9.17, 15) is 18.4 Å². The molecule has 158 valence electrons. The number of amides is 1. The minimum atomic E-state index is -4.41. The maximum Gasteiger partial charge on any atom is 0.429 e. The zero-order chi connectivity index (χ0) is 22.1. The number of aromatic nitrogens is 1. The van der Waals surface area contributed by atoms with Crippen molar-refractivity contribution in [3.63, 3.8) is 0 Å². The third-order valence-corrected chi connectivity index (χ3v) is 5.82. The van der Waals surface area contributed by atoms with Gasteiger partial charge in [-0.3, -0.25) is 0 Å². The van der Waals surface area contributed by atoms with Crippen LogP contribution in [0.2, 0.25) is 0 Å². The summed E-state index contributed by atoms with van der Waals surface area (Å²) in [5.74, 6) is 0.459. The maximum absolute atomic E-state index is 13.5. The van der Waals surface area contributed by atoms with Gasteiger partial charge >= 0.3 is 6.09 Å². The Labute approximate surface area is 174 Å². The van der Waals surface area contributed by atoms with Crippen LogP contribution in [0.1, 0.15) is 20.8 Å². The first-order valence-corrected chi connectivity index (χ1v) is 10.5. The van der Waals surface area contributed by atoms with E-state index in [1.165, 1.54) is 37.6 Å². The van der Waals surface area contributed by atoms with Crippen molar-refractivity contribution < 1.29 is 27.4 Å². The van der Waals surface area contributed by atoms with Crippen molar-refractivity contribution in [3.05, 3.63) is 66.1 Å². The normalized spacial score (nSPS) is 11.9. The average molecular weight is 430 g/mol. The van der Waals surface area contributed by atoms with E-state index in [1.807, 2.05) is 0 Å². The SMILES string of the molecule is COc1ccc(S(=O)(=O)N(C(=O)OC(C)(C)C)c2c[n+]([O-])cc3ccccc23)cc1. The number of carbonyl (C=O) groups excluding carboxylic acids is 1. The summed E-state index contributed by atoms with van der Waals surface area (Å²) in [5, 5.41) is 13.1. The molecule has 0 spiro atoms. The monoisotopic (exact) mass is 430 g/mol. The number of hydrogen-bond acceptors (Lipinski definition) is 6. The van der Waals surface area contributed by atoms with Crippen LogP contribution in [-0.2, 0) is 14.8 Å². The van der Waals surface area contributed by atoms with E-state index in [1.54, 1.807) is 45.0 Å². The van der Waals surface area contributed by atoms with Crippen molar-refractivity contribution in [1.82, 2.24) is 0 Å². The fourth-order valence-corrected chi connectivity index (χ4v) is 4.18. The number of rotatable bonds is 4. The van der Waals surface area contributed by atoms with Crippen molar-refractivity contribution in [1.29, 1.82) is 0 Å². The number of hydrogen-bond donors (Lipinski definition) is 0. The third-order valence-electron chi connectivity index (χ3n) is 4.13. The fraction of sp³-hybridized carbons (Fsp3) is 0.238. The van der Waals surface area contributed by atoms with Crippen molar-refractivity contribution in [2.75, 3.05) is 11.4 Å². The Morgan fingerprint density at radius 1 is 1.03 bits per heavy atom. The molecule has 1 amide bonds. The quantitative estimate of drug-likeness (QED) is 0.463. The van der Waals surface area contributed by atoms with Gasteiger partial charge in [0, 0.05) is 10.8 Å². The second-order valence-electron chi connectivity index (χ2n) is 7.52. The Morgan fingerprint density at radius 2 is 1.67 bits per heavy atom. The molecule has 1 heterocycles.